The van der Waals surface area contributed by atoms with E-state index in [1.165, 1.54) is 11.5 Å². The summed E-state index contributed by atoms with van der Waals surface area (Å²) in [6.45, 7) is 4.82. The Hall–Kier alpha value is 0.240. The third kappa shape index (κ3) is 3.43. The quantitative estimate of drug-likeness (QED) is 0.631. The van der Waals surface area contributed by atoms with Gasteiger partial charge in [-0.2, -0.15) is 11.8 Å². The van der Waals surface area contributed by atoms with Crippen molar-refractivity contribution in [3.8, 4) is 0 Å². The van der Waals surface area contributed by atoms with Crippen LogP contribution >= 0.6 is 11.8 Å². The second kappa shape index (κ2) is 4.99. The molecule has 0 aromatic rings. The van der Waals surface area contributed by atoms with Crippen LogP contribution in [0.2, 0.25) is 0 Å². The van der Waals surface area contributed by atoms with Gasteiger partial charge in [-0.25, -0.2) is 4.39 Å². The standard InChI is InChI=1S/C8H16FNS/c1-8-6-10(3-2-9)4-5-11-7-8/h8H,2-7H2,1H3. The predicted molar refractivity (Wildman–Crippen MR) is 48.9 cm³/mol. The average molecular weight is 177 g/mol. The first-order valence-electron chi connectivity index (χ1n) is 4.19. The number of hydrogen-bond acceptors (Lipinski definition) is 2. The molecule has 1 fully saturated rings. The monoisotopic (exact) mass is 177 g/mol. The molecular weight excluding hydrogens is 161 g/mol. The van der Waals surface area contributed by atoms with Gasteiger partial charge >= 0.3 is 0 Å². The maximum atomic E-state index is 12.0. The lowest BCUT2D eigenvalue weighted by molar-refractivity contribution is 0.241. The van der Waals surface area contributed by atoms with Gasteiger partial charge in [-0.3, -0.25) is 4.90 Å². The summed E-state index contributed by atoms with van der Waals surface area (Å²) >= 11 is 1.99. The molecule has 1 aliphatic heterocycles. The summed E-state index contributed by atoms with van der Waals surface area (Å²) in [6, 6.07) is 0. The molecule has 0 radical (unpaired) electrons. The molecule has 1 aliphatic rings. The number of rotatable bonds is 2. The van der Waals surface area contributed by atoms with Crippen LogP contribution in [0.3, 0.4) is 0 Å². The number of alkyl halides is 1. The third-order valence-electron chi connectivity index (χ3n) is 1.92. The van der Waals surface area contributed by atoms with Crippen molar-refractivity contribution in [2.75, 3.05) is 37.8 Å². The van der Waals surface area contributed by atoms with E-state index < -0.39 is 0 Å². The van der Waals surface area contributed by atoms with Crippen molar-refractivity contribution in [3.63, 3.8) is 0 Å². The Morgan fingerprint density at radius 2 is 2.45 bits per heavy atom. The van der Waals surface area contributed by atoms with E-state index in [4.69, 9.17) is 0 Å². The van der Waals surface area contributed by atoms with Crippen molar-refractivity contribution in [2.45, 2.75) is 6.92 Å². The molecule has 0 aliphatic carbocycles. The van der Waals surface area contributed by atoms with Crippen LogP contribution in [-0.2, 0) is 0 Å². The maximum Gasteiger partial charge on any atom is 0.102 e. The predicted octanol–water partition coefficient (Wildman–Crippen LogP) is 1.64. The Morgan fingerprint density at radius 3 is 3.18 bits per heavy atom. The summed E-state index contributed by atoms with van der Waals surface area (Å²) in [5.41, 5.74) is 0. The van der Waals surface area contributed by atoms with Crippen molar-refractivity contribution in [1.29, 1.82) is 0 Å². The number of hydrogen-bond donors (Lipinski definition) is 0. The summed E-state index contributed by atoms with van der Waals surface area (Å²) < 4.78 is 12.0. The highest BCUT2D eigenvalue weighted by molar-refractivity contribution is 7.99. The fraction of sp³-hybridized carbons (Fsp3) is 1.00. The fourth-order valence-electron chi connectivity index (χ4n) is 1.39. The van der Waals surface area contributed by atoms with Crippen LogP contribution in [0.25, 0.3) is 0 Å². The molecule has 0 amide bonds. The zero-order valence-corrected chi connectivity index (χ0v) is 7.87. The molecule has 0 bridgehead atoms. The highest BCUT2D eigenvalue weighted by atomic mass is 32.2. The molecule has 0 aromatic carbocycles. The van der Waals surface area contributed by atoms with Crippen LogP contribution in [0, 0.1) is 5.92 Å². The van der Waals surface area contributed by atoms with E-state index in [0.717, 1.165) is 19.0 Å². The minimum Gasteiger partial charge on any atom is -0.300 e. The van der Waals surface area contributed by atoms with E-state index in [1.807, 2.05) is 11.8 Å². The molecule has 11 heavy (non-hydrogen) atoms. The zero-order chi connectivity index (χ0) is 8.10. The summed E-state index contributed by atoms with van der Waals surface area (Å²) in [5.74, 6) is 3.14. The fourth-order valence-corrected chi connectivity index (χ4v) is 2.45. The normalized spacial score (nSPS) is 28.4. The minimum atomic E-state index is -0.197. The molecular formula is C8H16FNS. The van der Waals surface area contributed by atoms with E-state index in [1.54, 1.807) is 0 Å². The first-order chi connectivity index (χ1) is 5.33. The molecule has 0 aromatic heterocycles. The molecule has 3 heteroatoms. The van der Waals surface area contributed by atoms with Gasteiger partial charge in [-0.1, -0.05) is 6.92 Å². The molecule has 1 saturated heterocycles. The molecule has 1 rings (SSSR count). The Balaban J connectivity index is 2.27. The minimum absolute atomic E-state index is 0.197. The topological polar surface area (TPSA) is 3.24 Å². The highest BCUT2D eigenvalue weighted by Crippen LogP contribution is 2.14. The molecule has 0 spiro atoms. The first kappa shape index (κ1) is 9.33. The Bertz CT molecular complexity index is 110. The molecule has 1 atom stereocenters. The van der Waals surface area contributed by atoms with Crippen LogP contribution in [-0.4, -0.2) is 42.7 Å². The summed E-state index contributed by atoms with van der Waals surface area (Å²) in [4.78, 5) is 2.23. The van der Waals surface area contributed by atoms with Crippen molar-refractivity contribution in [3.05, 3.63) is 0 Å². The Labute approximate surface area is 72.3 Å². The summed E-state index contributed by atoms with van der Waals surface area (Å²) in [6.07, 6.45) is 0. The summed E-state index contributed by atoms with van der Waals surface area (Å²) in [5, 5.41) is 0. The number of halogens is 1. The Kier molecular flexibility index (Phi) is 4.23. The lowest BCUT2D eigenvalue weighted by atomic mass is 10.2. The van der Waals surface area contributed by atoms with Gasteiger partial charge < -0.3 is 0 Å². The van der Waals surface area contributed by atoms with Gasteiger partial charge in [0.25, 0.3) is 0 Å². The zero-order valence-electron chi connectivity index (χ0n) is 7.05. The summed E-state index contributed by atoms with van der Waals surface area (Å²) in [7, 11) is 0. The van der Waals surface area contributed by atoms with E-state index >= 15 is 0 Å². The maximum absolute atomic E-state index is 12.0. The molecule has 1 unspecified atom stereocenters. The molecule has 0 saturated carbocycles. The van der Waals surface area contributed by atoms with Crippen LogP contribution < -0.4 is 0 Å². The van der Waals surface area contributed by atoms with Crippen LogP contribution in [0.4, 0.5) is 4.39 Å². The van der Waals surface area contributed by atoms with Crippen LogP contribution in [0.5, 0.6) is 0 Å². The lowest BCUT2D eigenvalue weighted by Crippen LogP contribution is -2.30. The van der Waals surface area contributed by atoms with Gasteiger partial charge in [0, 0.05) is 25.4 Å². The smallest absolute Gasteiger partial charge is 0.102 e. The van der Waals surface area contributed by atoms with E-state index in [-0.39, 0.29) is 6.67 Å². The number of thioether (sulfide) groups is 1. The first-order valence-corrected chi connectivity index (χ1v) is 5.34. The van der Waals surface area contributed by atoms with Crippen molar-refractivity contribution in [2.24, 2.45) is 5.92 Å². The second-order valence-corrected chi connectivity index (χ2v) is 4.32. The average Bonchev–Trinajstić information content (AvgIpc) is 2.15. The molecule has 1 nitrogen and oxygen atoms in total. The molecule has 0 N–H and O–H groups in total. The van der Waals surface area contributed by atoms with Crippen LogP contribution in [0.1, 0.15) is 6.92 Å². The largest absolute Gasteiger partial charge is 0.300 e. The van der Waals surface area contributed by atoms with Gasteiger partial charge in [0.05, 0.1) is 0 Å². The van der Waals surface area contributed by atoms with E-state index in [9.17, 15) is 4.39 Å². The van der Waals surface area contributed by atoms with Gasteiger partial charge in [-0.15, -0.1) is 0 Å². The Morgan fingerprint density at radius 1 is 1.64 bits per heavy atom. The molecule has 66 valence electrons. The van der Waals surface area contributed by atoms with Gasteiger partial charge in [-0.05, 0) is 11.7 Å². The van der Waals surface area contributed by atoms with Crippen molar-refractivity contribution in [1.82, 2.24) is 4.90 Å². The third-order valence-corrected chi connectivity index (χ3v) is 3.20. The highest BCUT2D eigenvalue weighted by Gasteiger charge is 2.13. The van der Waals surface area contributed by atoms with E-state index in [0.29, 0.717) is 6.54 Å². The van der Waals surface area contributed by atoms with Gasteiger partial charge in [0.1, 0.15) is 6.67 Å². The van der Waals surface area contributed by atoms with Gasteiger partial charge in [0.2, 0.25) is 0 Å². The van der Waals surface area contributed by atoms with Crippen molar-refractivity contribution >= 4 is 11.8 Å². The van der Waals surface area contributed by atoms with Crippen molar-refractivity contribution < 1.29 is 4.39 Å². The SMILES string of the molecule is CC1CSCCN(CCF)C1. The second-order valence-electron chi connectivity index (χ2n) is 3.17. The van der Waals surface area contributed by atoms with Gasteiger partial charge in [0.15, 0.2) is 0 Å². The van der Waals surface area contributed by atoms with E-state index in [2.05, 4.69) is 11.8 Å². The number of nitrogens with zero attached hydrogens (tertiary/aromatic N) is 1. The lowest BCUT2D eigenvalue weighted by Gasteiger charge is -2.19. The molecule has 1 heterocycles. The van der Waals surface area contributed by atoms with Crippen LogP contribution in [0.15, 0.2) is 0 Å².